The van der Waals surface area contributed by atoms with Crippen LogP contribution in [-0.2, 0) is 12.8 Å². The first-order chi connectivity index (χ1) is 14.0. The summed E-state index contributed by atoms with van der Waals surface area (Å²) >= 11 is 0. The molecule has 2 aromatic carbocycles. The molecular weight excluding hydrogens is 380 g/mol. The maximum absolute atomic E-state index is 12.7. The first-order valence-corrected chi connectivity index (χ1v) is 9.97. The molecule has 1 unspecified atom stereocenters. The third-order valence-electron chi connectivity index (χ3n) is 5.17. The second kappa shape index (κ2) is 8.36. The van der Waals surface area contributed by atoms with Crippen LogP contribution in [0.3, 0.4) is 0 Å². The van der Waals surface area contributed by atoms with Gasteiger partial charge in [-0.05, 0) is 75.1 Å². The lowest BCUT2D eigenvalue weighted by molar-refractivity contribution is -0.0229. The summed E-state index contributed by atoms with van der Waals surface area (Å²) in [5, 5.41) is 30.3. The van der Waals surface area contributed by atoms with Crippen molar-refractivity contribution in [2.45, 2.75) is 52.2 Å². The van der Waals surface area contributed by atoms with E-state index in [4.69, 9.17) is 4.74 Å². The van der Waals surface area contributed by atoms with Gasteiger partial charge in [0.25, 0.3) is 0 Å². The number of aromatic hydroxyl groups is 2. The highest BCUT2D eigenvalue weighted by molar-refractivity contribution is 6.08. The molecule has 158 valence electrons. The average Bonchev–Trinajstić information content (AvgIpc) is 3.09. The maximum Gasteiger partial charge on any atom is 0.189 e. The van der Waals surface area contributed by atoms with Gasteiger partial charge in [-0.3, -0.25) is 4.79 Å². The highest BCUT2D eigenvalue weighted by Gasteiger charge is 2.34. The molecule has 0 saturated carbocycles. The minimum Gasteiger partial charge on any atom is -0.508 e. The Morgan fingerprint density at radius 1 is 1.17 bits per heavy atom. The van der Waals surface area contributed by atoms with Crippen LogP contribution in [0.4, 0.5) is 0 Å². The smallest absolute Gasteiger partial charge is 0.189 e. The van der Waals surface area contributed by atoms with Gasteiger partial charge >= 0.3 is 0 Å². The van der Waals surface area contributed by atoms with Gasteiger partial charge in [-0.25, -0.2) is 0 Å². The molecule has 5 nitrogen and oxygen atoms in total. The molecule has 2 aromatic rings. The second-order valence-electron chi connectivity index (χ2n) is 8.51. The number of carbonyl (C=O) groups is 1. The zero-order valence-electron chi connectivity index (χ0n) is 17.8. The van der Waals surface area contributed by atoms with Crippen LogP contribution in [0.15, 0.2) is 48.1 Å². The van der Waals surface area contributed by atoms with Crippen molar-refractivity contribution in [2.24, 2.45) is 0 Å². The van der Waals surface area contributed by atoms with Gasteiger partial charge in [-0.1, -0.05) is 23.8 Å². The molecule has 0 aliphatic carbocycles. The lowest BCUT2D eigenvalue weighted by Gasteiger charge is -2.24. The predicted molar refractivity (Wildman–Crippen MR) is 117 cm³/mol. The van der Waals surface area contributed by atoms with E-state index in [2.05, 4.69) is 0 Å². The molecule has 0 aromatic heterocycles. The molecule has 1 aliphatic heterocycles. The largest absolute Gasteiger partial charge is 0.508 e. The molecule has 0 fully saturated rings. The second-order valence-corrected chi connectivity index (χ2v) is 8.51. The van der Waals surface area contributed by atoms with E-state index in [1.165, 1.54) is 18.2 Å². The first-order valence-electron chi connectivity index (χ1n) is 9.97. The highest BCUT2D eigenvalue weighted by Crippen LogP contribution is 2.34. The van der Waals surface area contributed by atoms with E-state index in [0.29, 0.717) is 18.4 Å². The lowest BCUT2D eigenvalue weighted by atomic mass is 9.96. The van der Waals surface area contributed by atoms with E-state index in [-0.39, 0.29) is 28.9 Å². The summed E-state index contributed by atoms with van der Waals surface area (Å²) in [5.74, 6) is 0.103. The van der Waals surface area contributed by atoms with Crippen LogP contribution < -0.4 is 4.74 Å². The number of ketones is 1. The van der Waals surface area contributed by atoms with Crippen molar-refractivity contribution in [2.75, 3.05) is 0 Å². The topological polar surface area (TPSA) is 87.0 Å². The van der Waals surface area contributed by atoms with E-state index in [9.17, 15) is 20.1 Å². The van der Waals surface area contributed by atoms with Crippen molar-refractivity contribution in [3.63, 3.8) is 0 Å². The Morgan fingerprint density at radius 2 is 1.90 bits per heavy atom. The molecule has 0 spiro atoms. The van der Waals surface area contributed by atoms with E-state index in [1.54, 1.807) is 19.9 Å². The number of fused-ring (bicyclic) bond motifs is 1. The molecule has 1 aliphatic rings. The number of carbonyl (C=O) groups excluding carboxylic acids is 1. The Morgan fingerprint density at radius 3 is 2.57 bits per heavy atom. The quantitative estimate of drug-likeness (QED) is 0.370. The fourth-order valence-electron chi connectivity index (χ4n) is 3.32. The van der Waals surface area contributed by atoms with Crippen LogP contribution in [0.25, 0.3) is 6.08 Å². The van der Waals surface area contributed by atoms with E-state index in [1.807, 2.05) is 38.1 Å². The average molecular weight is 408 g/mol. The number of phenolic OH excluding ortho intramolecular Hbond substituents is 2. The number of phenols is 2. The Kier molecular flexibility index (Phi) is 6.04. The fourth-order valence-corrected chi connectivity index (χ4v) is 3.32. The SMILES string of the molecule is CC(C)=CCc1cc(C(=O)C=Cc2ccc3c(c2)CC(C(C)(C)O)O3)c(O)cc1O. The molecular formula is C25H28O5. The maximum atomic E-state index is 12.7. The van der Waals surface area contributed by atoms with Crippen molar-refractivity contribution in [1.29, 1.82) is 0 Å². The predicted octanol–water partition coefficient (Wildman–Crippen LogP) is 4.58. The standard InChI is InChI=1S/C25H28O5/c1-15(2)5-8-17-12-19(22(28)14-21(17)27)20(26)9-6-16-7-10-23-18(11-16)13-24(30-23)25(3,4)29/h5-7,9-12,14,24,27-29H,8,13H2,1-4H3. The zero-order valence-corrected chi connectivity index (χ0v) is 17.8. The molecule has 0 bridgehead atoms. The van der Waals surface area contributed by atoms with Gasteiger partial charge in [0.1, 0.15) is 23.4 Å². The number of hydrogen-bond donors (Lipinski definition) is 3. The normalized spacial score (nSPS) is 15.7. The van der Waals surface area contributed by atoms with Crippen molar-refractivity contribution in [1.82, 2.24) is 0 Å². The first kappa shape index (κ1) is 21.7. The van der Waals surface area contributed by atoms with Gasteiger partial charge in [-0.15, -0.1) is 0 Å². The molecule has 1 atom stereocenters. The van der Waals surface area contributed by atoms with Gasteiger partial charge in [0, 0.05) is 12.5 Å². The highest BCUT2D eigenvalue weighted by atomic mass is 16.5. The van der Waals surface area contributed by atoms with Crippen LogP contribution in [0, 0.1) is 0 Å². The summed E-state index contributed by atoms with van der Waals surface area (Å²) < 4.78 is 5.80. The molecule has 30 heavy (non-hydrogen) atoms. The molecule has 0 radical (unpaired) electrons. The third-order valence-corrected chi connectivity index (χ3v) is 5.17. The van der Waals surface area contributed by atoms with Gasteiger partial charge in [0.2, 0.25) is 0 Å². The summed E-state index contributed by atoms with van der Waals surface area (Å²) in [7, 11) is 0. The summed E-state index contributed by atoms with van der Waals surface area (Å²) in [6.07, 6.45) is 5.81. The van der Waals surface area contributed by atoms with Crippen molar-refractivity contribution >= 4 is 11.9 Å². The summed E-state index contributed by atoms with van der Waals surface area (Å²) in [6.45, 7) is 7.35. The number of rotatable bonds is 6. The minimum absolute atomic E-state index is 0.0366. The van der Waals surface area contributed by atoms with E-state index in [0.717, 1.165) is 22.4 Å². The van der Waals surface area contributed by atoms with Crippen LogP contribution in [-0.4, -0.2) is 32.8 Å². The summed E-state index contributed by atoms with van der Waals surface area (Å²) in [6, 6.07) is 8.34. The number of allylic oxidation sites excluding steroid dienone is 3. The van der Waals surface area contributed by atoms with Gasteiger partial charge in [-0.2, -0.15) is 0 Å². The van der Waals surface area contributed by atoms with Gasteiger partial charge in [0.15, 0.2) is 5.78 Å². The van der Waals surface area contributed by atoms with Crippen molar-refractivity contribution in [3.8, 4) is 17.2 Å². The Hall–Kier alpha value is -3.05. The monoisotopic (exact) mass is 408 g/mol. The molecule has 3 N–H and O–H groups in total. The lowest BCUT2D eigenvalue weighted by Crippen LogP contribution is -2.39. The number of benzene rings is 2. The van der Waals surface area contributed by atoms with Crippen molar-refractivity contribution in [3.05, 3.63) is 70.3 Å². The third kappa shape index (κ3) is 4.92. The summed E-state index contributed by atoms with van der Waals surface area (Å²) in [4.78, 5) is 12.7. The Bertz CT molecular complexity index is 1020. The van der Waals surface area contributed by atoms with E-state index >= 15 is 0 Å². The van der Waals surface area contributed by atoms with Gasteiger partial charge < -0.3 is 20.1 Å². The molecule has 3 rings (SSSR count). The summed E-state index contributed by atoms with van der Waals surface area (Å²) in [5.41, 5.74) is 2.69. The van der Waals surface area contributed by atoms with Crippen molar-refractivity contribution < 1.29 is 24.9 Å². The molecule has 0 saturated heterocycles. The minimum atomic E-state index is -0.940. The number of hydrogen-bond acceptors (Lipinski definition) is 5. The Labute approximate surface area is 177 Å². The zero-order chi connectivity index (χ0) is 22.1. The number of ether oxygens (including phenoxy) is 1. The van der Waals surface area contributed by atoms with Crippen LogP contribution in [0.5, 0.6) is 17.2 Å². The molecule has 0 amide bonds. The number of aliphatic hydroxyl groups is 1. The van der Waals surface area contributed by atoms with Gasteiger partial charge in [0.05, 0.1) is 11.2 Å². The Balaban J connectivity index is 1.79. The fraction of sp³-hybridized carbons (Fsp3) is 0.320. The van der Waals surface area contributed by atoms with Crippen LogP contribution in [0.1, 0.15) is 54.7 Å². The van der Waals surface area contributed by atoms with Crippen LogP contribution in [0.2, 0.25) is 0 Å². The van der Waals surface area contributed by atoms with E-state index < -0.39 is 5.60 Å². The van der Waals surface area contributed by atoms with Crippen LogP contribution >= 0.6 is 0 Å². The molecule has 1 heterocycles. The molecule has 5 heteroatoms.